The summed E-state index contributed by atoms with van der Waals surface area (Å²) < 4.78 is 51.7. The first-order chi connectivity index (χ1) is 5.41. The molecular weight excluding hydrogens is 264 g/mol. The molecule has 14 heavy (non-hydrogen) atoms. The summed E-state index contributed by atoms with van der Waals surface area (Å²) in [5, 5.41) is 0. The van der Waals surface area contributed by atoms with Crippen molar-refractivity contribution in [2.75, 3.05) is 12.5 Å². The molecular formula is C4H16O6S2Si2. The summed E-state index contributed by atoms with van der Waals surface area (Å²) >= 11 is 0. The maximum absolute atomic E-state index is 10.7. The van der Waals surface area contributed by atoms with Gasteiger partial charge in [0.2, 0.25) is 0 Å². The lowest BCUT2D eigenvalue weighted by atomic mass is 11.9. The predicted octanol–water partition coefficient (Wildman–Crippen LogP) is -1.81. The van der Waals surface area contributed by atoms with Gasteiger partial charge in [0.1, 0.15) is 0 Å². The molecule has 0 aromatic heterocycles. The van der Waals surface area contributed by atoms with E-state index in [-0.39, 0.29) is 11.0 Å². The molecule has 0 saturated heterocycles. The summed E-state index contributed by atoms with van der Waals surface area (Å²) in [4.78, 5) is 0. The first-order valence-corrected chi connectivity index (χ1v) is 9.67. The van der Waals surface area contributed by atoms with Crippen molar-refractivity contribution in [2.24, 2.45) is 0 Å². The van der Waals surface area contributed by atoms with Crippen molar-refractivity contribution in [3.05, 3.63) is 0 Å². The van der Waals surface area contributed by atoms with E-state index >= 15 is 0 Å². The lowest BCUT2D eigenvalue weighted by molar-refractivity contribution is 0.393. The zero-order chi connectivity index (χ0) is 10.9. The summed E-state index contributed by atoms with van der Waals surface area (Å²) in [6, 6.07) is 0. The smallest absolute Gasteiger partial charge is 0.284 e. The Labute approximate surface area is 90.1 Å². The molecule has 0 aromatic rings. The second-order valence-corrected chi connectivity index (χ2v) is 9.92. The molecule has 0 bridgehead atoms. The van der Waals surface area contributed by atoms with Crippen LogP contribution < -0.4 is 0 Å². The van der Waals surface area contributed by atoms with Crippen LogP contribution in [0.1, 0.15) is 0 Å². The Morgan fingerprint density at radius 2 is 1.07 bits per heavy atom. The average Bonchev–Trinajstić information content (AvgIpc) is 1.43. The molecule has 0 atom stereocenters. The van der Waals surface area contributed by atoms with Gasteiger partial charge >= 0.3 is 8.56 Å². The van der Waals surface area contributed by atoms with Crippen LogP contribution in [0.3, 0.4) is 0 Å². The summed E-state index contributed by atoms with van der Waals surface area (Å²) in [5.74, 6) is 0. The summed E-state index contributed by atoms with van der Waals surface area (Å²) in [6.45, 7) is 2.66. The molecule has 0 N–H and O–H groups in total. The Bertz CT molecular complexity index is 333. The summed E-state index contributed by atoms with van der Waals surface area (Å²) in [5.41, 5.74) is 0. The Morgan fingerprint density at radius 3 is 1.21 bits per heavy atom. The SMILES string of the molecule is C[Si](C)(OS(C)(=O)=O)OS(C)(=O)=O.[SiH4]. The third kappa shape index (κ3) is 10.3. The quantitative estimate of drug-likeness (QED) is 0.564. The van der Waals surface area contributed by atoms with E-state index in [4.69, 9.17) is 0 Å². The van der Waals surface area contributed by atoms with E-state index in [9.17, 15) is 16.8 Å². The molecule has 0 aromatic carbocycles. The zero-order valence-electron chi connectivity index (χ0n) is 7.77. The maximum atomic E-state index is 10.7. The van der Waals surface area contributed by atoms with Crippen LogP contribution in [0.4, 0.5) is 0 Å². The molecule has 6 nitrogen and oxygen atoms in total. The molecule has 0 saturated carbocycles. The topological polar surface area (TPSA) is 86.7 Å². The molecule has 0 amide bonds. The van der Waals surface area contributed by atoms with Gasteiger partial charge in [0.05, 0.1) is 12.5 Å². The summed E-state index contributed by atoms with van der Waals surface area (Å²) in [7, 11) is -10.5. The van der Waals surface area contributed by atoms with Crippen LogP contribution in [-0.2, 0) is 28.0 Å². The van der Waals surface area contributed by atoms with E-state index in [1.165, 1.54) is 13.1 Å². The number of hydrogen-bond donors (Lipinski definition) is 0. The minimum absolute atomic E-state index is 0. The van der Waals surface area contributed by atoms with Crippen LogP contribution in [0.5, 0.6) is 0 Å². The second-order valence-electron chi connectivity index (χ2n) is 2.97. The molecule has 0 heterocycles. The average molecular weight is 280 g/mol. The Kier molecular flexibility index (Phi) is 5.78. The molecule has 0 spiro atoms. The van der Waals surface area contributed by atoms with Crippen LogP contribution in [0.2, 0.25) is 13.1 Å². The van der Waals surface area contributed by atoms with Crippen molar-refractivity contribution in [3.63, 3.8) is 0 Å². The van der Waals surface area contributed by atoms with Crippen molar-refractivity contribution < 1.29 is 24.6 Å². The van der Waals surface area contributed by atoms with Gasteiger partial charge in [-0.1, -0.05) is 0 Å². The first-order valence-electron chi connectivity index (χ1n) is 3.22. The highest BCUT2D eigenvalue weighted by atomic mass is 32.2. The highest BCUT2D eigenvalue weighted by Gasteiger charge is 2.33. The fourth-order valence-corrected chi connectivity index (χ4v) is 6.94. The standard InChI is InChI=1S/C4H12O6S2Si.H4Si/c1-11(5,6)9-13(3,4)10-12(2,7)8;/h1-4H3;1H4. The van der Waals surface area contributed by atoms with Gasteiger partial charge in [-0.2, -0.15) is 0 Å². The van der Waals surface area contributed by atoms with E-state index in [1.807, 2.05) is 0 Å². The van der Waals surface area contributed by atoms with Gasteiger partial charge in [0.25, 0.3) is 20.2 Å². The fraction of sp³-hybridized carbons (Fsp3) is 1.00. The van der Waals surface area contributed by atoms with Crippen LogP contribution >= 0.6 is 0 Å². The third-order valence-electron chi connectivity index (χ3n) is 0.704. The number of hydrogen-bond acceptors (Lipinski definition) is 6. The van der Waals surface area contributed by atoms with Crippen LogP contribution in [-0.4, -0.2) is 48.9 Å². The Hall–Kier alpha value is 0.254. The van der Waals surface area contributed by atoms with E-state index in [0.717, 1.165) is 12.5 Å². The van der Waals surface area contributed by atoms with Gasteiger partial charge in [-0.3, -0.25) is 7.74 Å². The van der Waals surface area contributed by atoms with Gasteiger partial charge in [0, 0.05) is 0 Å². The zero-order valence-corrected chi connectivity index (χ0v) is 10.4. The van der Waals surface area contributed by atoms with Gasteiger partial charge in [0.15, 0.2) is 0 Å². The fourth-order valence-electron chi connectivity index (χ4n) is 0.743. The van der Waals surface area contributed by atoms with Gasteiger partial charge < -0.3 is 0 Å². The minimum Gasteiger partial charge on any atom is -0.284 e. The van der Waals surface area contributed by atoms with E-state index in [2.05, 4.69) is 7.74 Å². The van der Waals surface area contributed by atoms with E-state index < -0.39 is 28.8 Å². The molecule has 0 fully saturated rings. The van der Waals surface area contributed by atoms with Crippen molar-refractivity contribution in [1.29, 1.82) is 0 Å². The molecule has 0 aliphatic rings. The molecule has 0 aliphatic carbocycles. The van der Waals surface area contributed by atoms with Gasteiger partial charge in [-0.25, -0.2) is 16.8 Å². The second kappa shape index (κ2) is 4.85. The van der Waals surface area contributed by atoms with Gasteiger partial charge in [-0.05, 0) is 24.1 Å². The van der Waals surface area contributed by atoms with Crippen molar-refractivity contribution in [3.8, 4) is 0 Å². The van der Waals surface area contributed by atoms with Gasteiger partial charge in [-0.15, -0.1) is 0 Å². The molecule has 0 unspecified atom stereocenters. The summed E-state index contributed by atoms with van der Waals surface area (Å²) in [6.07, 6.45) is 1.68. The number of rotatable bonds is 4. The monoisotopic (exact) mass is 280 g/mol. The molecule has 0 aliphatic heterocycles. The molecule has 0 radical (unpaired) electrons. The maximum Gasteiger partial charge on any atom is 0.369 e. The van der Waals surface area contributed by atoms with Crippen LogP contribution in [0.25, 0.3) is 0 Å². The lowest BCUT2D eigenvalue weighted by Gasteiger charge is -2.18. The largest absolute Gasteiger partial charge is 0.369 e. The van der Waals surface area contributed by atoms with Crippen molar-refractivity contribution in [1.82, 2.24) is 0 Å². The normalized spacial score (nSPS) is 13.4. The van der Waals surface area contributed by atoms with E-state index in [0.29, 0.717) is 0 Å². The first kappa shape index (κ1) is 16.7. The van der Waals surface area contributed by atoms with Crippen molar-refractivity contribution >= 4 is 39.8 Å². The highest BCUT2D eigenvalue weighted by molar-refractivity contribution is 7.88. The third-order valence-corrected chi connectivity index (χ3v) is 6.34. The highest BCUT2D eigenvalue weighted by Crippen LogP contribution is 2.12. The molecule has 0 rings (SSSR count). The van der Waals surface area contributed by atoms with E-state index in [1.54, 1.807) is 0 Å². The molecule has 10 heteroatoms. The Balaban J connectivity index is 0. The van der Waals surface area contributed by atoms with Crippen LogP contribution in [0.15, 0.2) is 0 Å². The van der Waals surface area contributed by atoms with Crippen LogP contribution in [0, 0.1) is 0 Å². The lowest BCUT2D eigenvalue weighted by Crippen LogP contribution is -2.38. The van der Waals surface area contributed by atoms with Crippen molar-refractivity contribution in [2.45, 2.75) is 13.1 Å². The Morgan fingerprint density at radius 1 is 0.857 bits per heavy atom. The molecule has 88 valence electrons. The minimum atomic E-state index is -3.68. The predicted molar refractivity (Wildman–Crippen MR) is 60.7 cm³/mol.